The molecule has 4 heteroatoms. The minimum absolute atomic E-state index is 0.143. The van der Waals surface area contributed by atoms with Gasteiger partial charge in [0.15, 0.2) is 0 Å². The molecule has 0 aromatic heterocycles. The molecule has 4 nitrogen and oxygen atoms in total. The molecule has 19 heavy (non-hydrogen) atoms. The van der Waals surface area contributed by atoms with Crippen LogP contribution in [0.2, 0.25) is 0 Å². The number of anilines is 1. The van der Waals surface area contributed by atoms with E-state index in [1.165, 1.54) is 0 Å². The zero-order valence-electron chi connectivity index (χ0n) is 11.7. The van der Waals surface area contributed by atoms with Gasteiger partial charge in [-0.1, -0.05) is 6.07 Å². The lowest BCUT2D eigenvalue weighted by Gasteiger charge is -2.44. The maximum absolute atomic E-state index is 9.93. The average Bonchev–Trinajstić information content (AvgIpc) is 2.37. The first-order valence-electron chi connectivity index (χ1n) is 6.53. The van der Waals surface area contributed by atoms with E-state index >= 15 is 0 Å². The van der Waals surface area contributed by atoms with Crippen molar-refractivity contribution < 1.29 is 9.84 Å². The Labute approximate surface area is 114 Å². The average molecular weight is 260 g/mol. The van der Waals surface area contributed by atoms with E-state index in [0.717, 1.165) is 17.8 Å². The molecule has 1 fully saturated rings. The molecule has 0 radical (unpaired) electrons. The third kappa shape index (κ3) is 2.73. The fourth-order valence-electron chi connectivity index (χ4n) is 2.51. The van der Waals surface area contributed by atoms with Gasteiger partial charge < -0.3 is 14.7 Å². The summed E-state index contributed by atoms with van der Waals surface area (Å²) in [6.07, 6.45) is -0.554. The van der Waals surface area contributed by atoms with Crippen LogP contribution in [0.5, 0.6) is 0 Å². The number of nitrogens with zero attached hydrogens (tertiary/aromatic N) is 2. The summed E-state index contributed by atoms with van der Waals surface area (Å²) in [4.78, 5) is 2.22. The summed E-state index contributed by atoms with van der Waals surface area (Å²) in [6, 6.07) is 7.60. The van der Waals surface area contributed by atoms with Crippen LogP contribution in [0.15, 0.2) is 18.2 Å². The van der Waals surface area contributed by atoms with Gasteiger partial charge in [0.05, 0.1) is 36.5 Å². The Bertz CT molecular complexity index is 503. The summed E-state index contributed by atoms with van der Waals surface area (Å²) in [7, 11) is 0. The second-order valence-corrected chi connectivity index (χ2v) is 5.58. The van der Waals surface area contributed by atoms with Crippen molar-refractivity contribution in [2.75, 3.05) is 24.7 Å². The van der Waals surface area contributed by atoms with Gasteiger partial charge in [-0.2, -0.15) is 5.26 Å². The summed E-state index contributed by atoms with van der Waals surface area (Å²) in [6.45, 7) is 8.04. The first-order valence-corrected chi connectivity index (χ1v) is 6.53. The maximum atomic E-state index is 9.93. The molecule has 0 amide bonds. The number of nitriles is 1. The summed E-state index contributed by atoms with van der Waals surface area (Å²) < 4.78 is 5.52. The fourth-order valence-corrected chi connectivity index (χ4v) is 2.51. The van der Waals surface area contributed by atoms with E-state index in [4.69, 9.17) is 10.00 Å². The van der Waals surface area contributed by atoms with Crippen molar-refractivity contribution in [2.24, 2.45) is 0 Å². The molecule has 1 unspecified atom stereocenters. The van der Waals surface area contributed by atoms with E-state index < -0.39 is 6.10 Å². The van der Waals surface area contributed by atoms with Crippen LogP contribution < -0.4 is 4.90 Å². The van der Waals surface area contributed by atoms with Crippen molar-refractivity contribution in [3.63, 3.8) is 0 Å². The van der Waals surface area contributed by atoms with Gasteiger partial charge in [-0.15, -0.1) is 0 Å². The smallest absolute Gasteiger partial charge is 0.0992 e. The van der Waals surface area contributed by atoms with Crippen LogP contribution in [0.1, 0.15) is 38.0 Å². The molecule has 1 aromatic rings. The molecule has 0 aliphatic carbocycles. The van der Waals surface area contributed by atoms with Gasteiger partial charge in [0.1, 0.15) is 0 Å². The second-order valence-electron chi connectivity index (χ2n) is 5.58. The van der Waals surface area contributed by atoms with Gasteiger partial charge >= 0.3 is 0 Å². The van der Waals surface area contributed by atoms with E-state index in [-0.39, 0.29) is 5.54 Å². The highest BCUT2D eigenvalue weighted by Crippen LogP contribution is 2.33. The van der Waals surface area contributed by atoms with Crippen LogP contribution >= 0.6 is 0 Å². The number of hydrogen-bond acceptors (Lipinski definition) is 4. The van der Waals surface area contributed by atoms with Crippen molar-refractivity contribution in [3.8, 4) is 6.07 Å². The number of benzene rings is 1. The normalized spacial score (nSPS) is 19.8. The summed E-state index contributed by atoms with van der Waals surface area (Å²) >= 11 is 0. The number of ether oxygens (including phenoxy) is 1. The molecule has 1 aromatic carbocycles. The molecule has 1 aliphatic rings. The van der Waals surface area contributed by atoms with Crippen LogP contribution in [0.4, 0.5) is 5.69 Å². The van der Waals surface area contributed by atoms with Gasteiger partial charge in [0, 0.05) is 17.8 Å². The minimum Gasteiger partial charge on any atom is -0.389 e. The molecule has 1 N–H and O–H groups in total. The van der Waals surface area contributed by atoms with Crippen LogP contribution in [0, 0.1) is 11.3 Å². The highest BCUT2D eigenvalue weighted by molar-refractivity contribution is 5.60. The zero-order chi connectivity index (χ0) is 14.0. The van der Waals surface area contributed by atoms with Crippen molar-refractivity contribution in [1.29, 1.82) is 5.26 Å². The maximum Gasteiger partial charge on any atom is 0.0992 e. The predicted octanol–water partition coefficient (Wildman–Crippen LogP) is 2.23. The Morgan fingerprint density at radius 1 is 1.47 bits per heavy atom. The molecule has 0 saturated carbocycles. The summed E-state index contributed by atoms with van der Waals surface area (Å²) in [5, 5.41) is 19.0. The molecule has 2 rings (SSSR count). The highest BCUT2D eigenvalue weighted by Gasteiger charge is 2.32. The second kappa shape index (κ2) is 5.20. The van der Waals surface area contributed by atoms with Gasteiger partial charge in [-0.3, -0.25) is 0 Å². The van der Waals surface area contributed by atoms with Crippen molar-refractivity contribution in [3.05, 3.63) is 29.3 Å². The lowest BCUT2D eigenvalue weighted by Crippen LogP contribution is -2.53. The Morgan fingerprint density at radius 3 is 2.79 bits per heavy atom. The Morgan fingerprint density at radius 2 is 2.21 bits per heavy atom. The van der Waals surface area contributed by atoms with E-state index in [1.807, 2.05) is 12.1 Å². The molecule has 1 heterocycles. The molecular weight excluding hydrogens is 240 g/mol. The Balaban J connectivity index is 2.49. The van der Waals surface area contributed by atoms with Crippen molar-refractivity contribution in [1.82, 2.24) is 0 Å². The van der Waals surface area contributed by atoms with Crippen LogP contribution in [-0.4, -0.2) is 30.4 Å². The van der Waals surface area contributed by atoms with Crippen molar-refractivity contribution in [2.45, 2.75) is 32.4 Å². The molecule has 1 atom stereocenters. The predicted molar refractivity (Wildman–Crippen MR) is 74.0 cm³/mol. The topological polar surface area (TPSA) is 56.5 Å². The third-order valence-corrected chi connectivity index (χ3v) is 3.55. The molecule has 102 valence electrons. The monoisotopic (exact) mass is 260 g/mol. The van der Waals surface area contributed by atoms with Crippen LogP contribution in [0.3, 0.4) is 0 Å². The van der Waals surface area contributed by atoms with Gasteiger partial charge in [-0.05, 0) is 32.9 Å². The molecule has 1 saturated heterocycles. The number of morpholine rings is 1. The lowest BCUT2D eigenvalue weighted by atomic mass is 9.97. The SMILES string of the molecule is CC(O)c1ccc(C#N)cc1N1CCOCC1(C)C. The van der Waals surface area contributed by atoms with E-state index in [9.17, 15) is 5.11 Å². The molecule has 0 spiro atoms. The first-order chi connectivity index (χ1) is 8.95. The Hall–Kier alpha value is -1.57. The zero-order valence-corrected chi connectivity index (χ0v) is 11.7. The number of rotatable bonds is 2. The van der Waals surface area contributed by atoms with E-state index in [2.05, 4.69) is 24.8 Å². The van der Waals surface area contributed by atoms with Crippen LogP contribution in [-0.2, 0) is 4.74 Å². The molecule has 1 aliphatic heterocycles. The summed E-state index contributed by atoms with van der Waals surface area (Å²) in [5.41, 5.74) is 2.26. The van der Waals surface area contributed by atoms with E-state index in [0.29, 0.717) is 18.8 Å². The quantitative estimate of drug-likeness (QED) is 0.886. The first kappa shape index (κ1) is 13.9. The van der Waals surface area contributed by atoms with Crippen LogP contribution in [0.25, 0.3) is 0 Å². The highest BCUT2D eigenvalue weighted by atomic mass is 16.5. The van der Waals surface area contributed by atoms with Crippen molar-refractivity contribution >= 4 is 5.69 Å². The standard InChI is InChI=1S/C15H20N2O2/c1-11(18)13-5-4-12(9-16)8-14(13)17-6-7-19-10-15(17,2)3/h4-5,8,11,18H,6-7,10H2,1-3H3. The largest absolute Gasteiger partial charge is 0.389 e. The van der Waals surface area contributed by atoms with Gasteiger partial charge in [0.2, 0.25) is 0 Å². The lowest BCUT2D eigenvalue weighted by molar-refractivity contribution is 0.0639. The Kier molecular flexibility index (Phi) is 3.79. The summed E-state index contributed by atoms with van der Waals surface area (Å²) in [5.74, 6) is 0. The fraction of sp³-hybridized carbons (Fsp3) is 0.533. The van der Waals surface area contributed by atoms with Gasteiger partial charge in [0.25, 0.3) is 0 Å². The van der Waals surface area contributed by atoms with E-state index in [1.54, 1.807) is 13.0 Å². The number of hydrogen-bond donors (Lipinski definition) is 1. The molecular formula is C15H20N2O2. The minimum atomic E-state index is -0.554. The molecule has 0 bridgehead atoms. The van der Waals surface area contributed by atoms with Gasteiger partial charge in [-0.25, -0.2) is 0 Å². The number of aliphatic hydroxyl groups is 1. The number of aliphatic hydroxyl groups excluding tert-OH is 1. The third-order valence-electron chi connectivity index (χ3n) is 3.55.